The quantitative estimate of drug-likeness (QED) is 0.573. The van der Waals surface area contributed by atoms with Crippen LogP contribution in [0.4, 0.5) is 10.5 Å². The Morgan fingerprint density at radius 2 is 2.12 bits per heavy atom. The number of nitrogens with one attached hydrogen (secondary N) is 3. The Morgan fingerprint density at radius 1 is 1.33 bits per heavy atom. The largest absolute Gasteiger partial charge is 0.465 e. The summed E-state index contributed by atoms with van der Waals surface area (Å²) >= 11 is 0. The van der Waals surface area contributed by atoms with Gasteiger partial charge in [-0.15, -0.1) is 0 Å². The molecule has 3 heterocycles. The average Bonchev–Trinajstić information content (AvgIpc) is 2.94. The normalized spacial score (nSPS) is 15.8. The minimum absolute atomic E-state index is 0.206. The number of rotatable bonds is 2. The Balaban J connectivity index is 1.99. The lowest BCUT2D eigenvalue weighted by atomic mass is 9.94. The Morgan fingerprint density at radius 3 is 2.88 bits per heavy atom. The van der Waals surface area contributed by atoms with Gasteiger partial charge in [0, 0.05) is 12.0 Å². The van der Waals surface area contributed by atoms with Crippen LogP contribution in [0.15, 0.2) is 29.1 Å². The molecule has 1 aliphatic rings. The van der Waals surface area contributed by atoms with Crippen LogP contribution in [-0.2, 0) is 0 Å². The molecule has 2 aromatic heterocycles. The lowest BCUT2D eigenvalue weighted by Gasteiger charge is -2.23. The maximum Gasteiger partial charge on any atom is 0.409 e. The van der Waals surface area contributed by atoms with Gasteiger partial charge in [0.1, 0.15) is 5.65 Å². The maximum absolute atomic E-state index is 12.2. The van der Waals surface area contributed by atoms with E-state index in [1.807, 2.05) is 0 Å². The van der Waals surface area contributed by atoms with E-state index >= 15 is 0 Å². The van der Waals surface area contributed by atoms with E-state index < -0.39 is 6.09 Å². The van der Waals surface area contributed by atoms with Gasteiger partial charge >= 0.3 is 6.09 Å². The lowest BCUT2D eigenvalue weighted by Crippen LogP contribution is -2.28. The predicted molar refractivity (Wildman–Crippen MR) is 89.8 cm³/mol. The first-order valence-electron chi connectivity index (χ1n) is 7.89. The van der Waals surface area contributed by atoms with Crippen molar-refractivity contribution < 1.29 is 9.90 Å². The zero-order valence-corrected chi connectivity index (χ0v) is 12.9. The van der Waals surface area contributed by atoms with Gasteiger partial charge < -0.3 is 15.4 Å². The molecule has 1 aliphatic heterocycles. The minimum Gasteiger partial charge on any atom is -0.465 e. The smallest absolute Gasteiger partial charge is 0.409 e. The number of H-pyrrole nitrogens is 1. The zero-order chi connectivity index (χ0) is 16.7. The molecule has 1 aromatic carbocycles. The molecule has 0 spiro atoms. The van der Waals surface area contributed by atoms with E-state index in [0.29, 0.717) is 22.2 Å². The SMILES string of the molecule is O=C(O)Nc1cccc2nn3c(C4CCNCC4)cc(=O)[nH]c3c12. The molecule has 1 amide bonds. The Bertz CT molecular complexity index is 984. The molecule has 4 N–H and O–H groups in total. The van der Waals surface area contributed by atoms with Crippen molar-refractivity contribution in [1.82, 2.24) is 19.9 Å². The van der Waals surface area contributed by atoms with Gasteiger partial charge in [-0.25, -0.2) is 9.31 Å². The summed E-state index contributed by atoms with van der Waals surface area (Å²) in [5.74, 6) is 0.251. The van der Waals surface area contributed by atoms with Crippen molar-refractivity contribution in [3.63, 3.8) is 0 Å². The van der Waals surface area contributed by atoms with Gasteiger partial charge in [-0.2, -0.15) is 5.10 Å². The van der Waals surface area contributed by atoms with Crippen LogP contribution < -0.4 is 16.2 Å². The maximum atomic E-state index is 12.2. The number of fused-ring (bicyclic) bond motifs is 3. The summed E-state index contributed by atoms with van der Waals surface area (Å²) in [6.07, 6.45) is 0.725. The highest BCUT2D eigenvalue weighted by molar-refractivity contribution is 6.05. The van der Waals surface area contributed by atoms with E-state index in [1.54, 1.807) is 28.8 Å². The first-order valence-corrected chi connectivity index (χ1v) is 7.89. The van der Waals surface area contributed by atoms with Gasteiger partial charge in [0.2, 0.25) is 0 Å². The number of carbonyl (C=O) groups is 1. The molecule has 1 fully saturated rings. The summed E-state index contributed by atoms with van der Waals surface area (Å²) in [6.45, 7) is 1.82. The Hall–Kier alpha value is -2.87. The fourth-order valence-corrected chi connectivity index (χ4v) is 3.41. The number of aromatic nitrogens is 3. The third-order valence-electron chi connectivity index (χ3n) is 4.46. The molecule has 0 saturated carbocycles. The number of hydrogen-bond acceptors (Lipinski definition) is 4. The highest BCUT2D eigenvalue weighted by atomic mass is 16.4. The molecule has 3 aromatic rings. The van der Waals surface area contributed by atoms with Gasteiger partial charge in [0.25, 0.3) is 5.56 Å². The summed E-state index contributed by atoms with van der Waals surface area (Å²) in [4.78, 5) is 26.0. The van der Waals surface area contributed by atoms with Crippen LogP contribution in [0.2, 0.25) is 0 Å². The van der Waals surface area contributed by atoms with Gasteiger partial charge in [0.05, 0.1) is 22.3 Å². The molecule has 0 aliphatic carbocycles. The molecule has 24 heavy (non-hydrogen) atoms. The summed E-state index contributed by atoms with van der Waals surface area (Å²) < 4.78 is 1.75. The van der Waals surface area contributed by atoms with Gasteiger partial charge in [-0.05, 0) is 38.1 Å². The third-order valence-corrected chi connectivity index (χ3v) is 4.46. The van der Waals surface area contributed by atoms with E-state index in [0.717, 1.165) is 31.6 Å². The number of nitrogens with zero attached hydrogens (tertiary/aromatic N) is 2. The monoisotopic (exact) mass is 327 g/mol. The van der Waals surface area contributed by atoms with E-state index in [2.05, 4.69) is 20.7 Å². The number of amides is 1. The van der Waals surface area contributed by atoms with Gasteiger partial charge in [-0.1, -0.05) is 6.07 Å². The highest BCUT2D eigenvalue weighted by Gasteiger charge is 2.21. The molecule has 124 valence electrons. The molecule has 4 rings (SSSR count). The fourth-order valence-electron chi connectivity index (χ4n) is 3.41. The third kappa shape index (κ3) is 2.41. The number of hydrogen-bond donors (Lipinski definition) is 4. The van der Waals surface area contributed by atoms with Crippen LogP contribution >= 0.6 is 0 Å². The molecule has 0 radical (unpaired) electrons. The van der Waals surface area contributed by atoms with Crippen molar-refractivity contribution >= 4 is 28.3 Å². The van der Waals surface area contributed by atoms with Crippen molar-refractivity contribution in [3.05, 3.63) is 40.3 Å². The molecule has 8 nitrogen and oxygen atoms in total. The van der Waals surface area contributed by atoms with Gasteiger partial charge in [0.15, 0.2) is 0 Å². The second-order valence-electron chi connectivity index (χ2n) is 5.97. The van der Waals surface area contributed by atoms with Gasteiger partial charge in [-0.3, -0.25) is 10.1 Å². The first-order chi connectivity index (χ1) is 11.6. The number of carboxylic acid groups (broad SMARTS) is 1. The van der Waals surface area contributed by atoms with Crippen molar-refractivity contribution in [3.8, 4) is 0 Å². The molecule has 1 saturated heterocycles. The average molecular weight is 327 g/mol. The van der Waals surface area contributed by atoms with Crippen LogP contribution in [0, 0.1) is 0 Å². The topological polar surface area (TPSA) is 112 Å². The minimum atomic E-state index is -1.15. The molecule has 8 heteroatoms. The van der Waals surface area contributed by atoms with Crippen LogP contribution in [0.25, 0.3) is 16.6 Å². The number of piperidine rings is 1. The summed E-state index contributed by atoms with van der Waals surface area (Å²) in [5.41, 5.74) is 2.23. The van der Waals surface area contributed by atoms with E-state index in [-0.39, 0.29) is 11.5 Å². The standard InChI is InChI=1S/C16H17N5O3/c22-13-8-12(9-4-6-17-7-5-9)21-15(19-13)14-10(18-16(23)24)2-1-3-11(14)20-21/h1-3,8-9,17-18H,4-7H2,(H,19,22)(H,23,24). The van der Waals surface area contributed by atoms with E-state index in [4.69, 9.17) is 5.11 Å². The fraction of sp³-hybridized carbons (Fsp3) is 0.312. The number of benzene rings is 1. The van der Waals surface area contributed by atoms with Crippen LogP contribution in [-0.4, -0.2) is 38.9 Å². The summed E-state index contributed by atoms with van der Waals surface area (Å²) in [6, 6.07) is 6.80. The molecule has 0 atom stereocenters. The second kappa shape index (κ2) is 5.64. The van der Waals surface area contributed by atoms with E-state index in [9.17, 15) is 9.59 Å². The van der Waals surface area contributed by atoms with Crippen molar-refractivity contribution in [1.29, 1.82) is 0 Å². The van der Waals surface area contributed by atoms with Crippen molar-refractivity contribution in [2.24, 2.45) is 0 Å². The van der Waals surface area contributed by atoms with E-state index in [1.165, 1.54) is 0 Å². The first kappa shape index (κ1) is 14.7. The summed E-state index contributed by atoms with van der Waals surface area (Å²) in [5, 5.41) is 19.9. The summed E-state index contributed by atoms with van der Waals surface area (Å²) in [7, 11) is 0. The van der Waals surface area contributed by atoms with Crippen LogP contribution in [0.1, 0.15) is 24.5 Å². The second-order valence-corrected chi connectivity index (χ2v) is 5.97. The van der Waals surface area contributed by atoms with Crippen LogP contribution in [0.3, 0.4) is 0 Å². The van der Waals surface area contributed by atoms with Crippen LogP contribution in [0.5, 0.6) is 0 Å². The molecule has 0 bridgehead atoms. The number of anilines is 1. The molecular formula is C16H17N5O3. The lowest BCUT2D eigenvalue weighted by molar-refractivity contribution is 0.210. The number of aromatic amines is 1. The Kier molecular flexibility index (Phi) is 3.46. The molecule has 0 unspecified atom stereocenters. The Labute approximate surface area is 136 Å². The van der Waals surface area contributed by atoms with Crippen molar-refractivity contribution in [2.75, 3.05) is 18.4 Å². The van der Waals surface area contributed by atoms with Crippen molar-refractivity contribution in [2.45, 2.75) is 18.8 Å². The highest BCUT2D eigenvalue weighted by Crippen LogP contribution is 2.30. The molecular weight excluding hydrogens is 310 g/mol. The zero-order valence-electron chi connectivity index (χ0n) is 12.9. The predicted octanol–water partition coefficient (Wildman–Crippen LogP) is 1.73.